The molecule has 1 aromatic heterocycles. The molecule has 2 heterocycles. The number of hydrogen-bond acceptors (Lipinski definition) is 6. The zero-order chi connectivity index (χ0) is 26.9. The summed E-state index contributed by atoms with van der Waals surface area (Å²) in [5, 5.41) is 0.301. The van der Waals surface area contributed by atoms with Crippen molar-refractivity contribution in [2.24, 2.45) is 16.1 Å². The molecular weight excluding hydrogens is 527 g/mol. The van der Waals surface area contributed by atoms with Crippen molar-refractivity contribution >= 4 is 38.8 Å². The average molecular weight is 551 g/mol. The van der Waals surface area contributed by atoms with E-state index < -0.39 is 15.4 Å². The zero-order valence-corrected chi connectivity index (χ0v) is 21.8. The van der Waals surface area contributed by atoms with Gasteiger partial charge >= 0.3 is 0 Å². The topological polar surface area (TPSA) is 106 Å². The van der Waals surface area contributed by atoms with Crippen LogP contribution >= 0.6 is 11.6 Å². The molecule has 2 aromatic carbocycles. The van der Waals surface area contributed by atoms with E-state index in [4.69, 9.17) is 17.3 Å². The van der Waals surface area contributed by atoms with Crippen molar-refractivity contribution in [3.8, 4) is 0 Å². The van der Waals surface area contributed by atoms with Crippen molar-refractivity contribution in [2.45, 2.75) is 17.7 Å². The van der Waals surface area contributed by atoms with Gasteiger partial charge in [0.1, 0.15) is 11.5 Å². The number of nitrogens with zero attached hydrogens (tertiary/aromatic N) is 3. The Balaban J connectivity index is 1.62. The van der Waals surface area contributed by atoms with Gasteiger partial charge in [0.2, 0.25) is 10.0 Å². The van der Waals surface area contributed by atoms with E-state index in [9.17, 15) is 17.6 Å². The van der Waals surface area contributed by atoms with Crippen LogP contribution in [0.5, 0.6) is 0 Å². The van der Waals surface area contributed by atoms with E-state index in [-0.39, 0.29) is 41.7 Å². The van der Waals surface area contributed by atoms with E-state index in [1.807, 2.05) is 0 Å². The van der Waals surface area contributed by atoms with Gasteiger partial charge in [-0.15, -0.1) is 0 Å². The quantitative estimate of drug-likeness (QED) is 0.446. The first-order valence-electron chi connectivity index (χ1n) is 11.9. The van der Waals surface area contributed by atoms with Gasteiger partial charge in [-0.3, -0.25) is 9.78 Å². The van der Waals surface area contributed by atoms with Crippen LogP contribution in [0.25, 0.3) is 0 Å². The maximum atomic E-state index is 14.1. The number of allylic oxidation sites excluding steroid dienone is 2. The number of aliphatic imine (C=N–C) groups is 1. The fourth-order valence-electron chi connectivity index (χ4n) is 4.94. The van der Waals surface area contributed by atoms with Gasteiger partial charge in [0.25, 0.3) is 0 Å². The zero-order valence-electron chi connectivity index (χ0n) is 20.2. The summed E-state index contributed by atoms with van der Waals surface area (Å²) in [6.07, 6.45) is 5.15. The Labute approximate surface area is 225 Å². The molecule has 0 unspecified atom stereocenters. The van der Waals surface area contributed by atoms with E-state index in [0.717, 1.165) is 5.57 Å². The van der Waals surface area contributed by atoms with Crippen molar-refractivity contribution in [2.75, 3.05) is 13.1 Å². The average Bonchev–Trinajstić information content (AvgIpc) is 2.93. The number of ketones is 1. The van der Waals surface area contributed by atoms with E-state index in [2.05, 4.69) is 9.98 Å². The summed E-state index contributed by atoms with van der Waals surface area (Å²) in [6, 6.07) is 16.8. The molecular formula is C28H24ClFN4O3S. The second-order valence-electron chi connectivity index (χ2n) is 9.18. The minimum Gasteiger partial charge on any atom is -0.404 e. The van der Waals surface area contributed by atoms with Crippen LogP contribution in [-0.4, -0.2) is 42.3 Å². The highest BCUT2D eigenvalue weighted by molar-refractivity contribution is 7.89. The first kappa shape index (κ1) is 26.0. The normalized spacial score (nSPS) is 22.2. The number of pyridine rings is 1. The van der Waals surface area contributed by atoms with Crippen molar-refractivity contribution < 1.29 is 17.6 Å². The summed E-state index contributed by atoms with van der Waals surface area (Å²) in [6.45, 7) is 0.0771. The smallest absolute Gasteiger partial charge is 0.243 e. The highest BCUT2D eigenvalue weighted by atomic mass is 35.5. The van der Waals surface area contributed by atoms with Gasteiger partial charge in [-0.1, -0.05) is 29.3 Å². The van der Waals surface area contributed by atoms with Gasteiger partial charge < -0.3 is 5.73 Å². The number of nitrogens with two attached hydrogens (primary N) is 1. The van der Waals surface area contributed by atoms with E-state index >= 15 is 0 Å². The van der Waals surface area contributed by atoms with Crippen molar-refractivity contribution in [3.05, 3.63) is 113 Å². The number of aromatic nitrogens is 1. The third kappa shape index (κ3) is 4.80. The lowest BCUT2D eigenvalue weighted by molar-refractivity contribution is 0.0770. The summed E-state index contributed by atoms with van der Waals surface area (Å²) in [7, 11) is -3.95. The molecule has 1 aliphatic carbocycles. The Bertz CT molecular complexity index is 1590. The summed E-state index contributed by atoms with van der Waals surface area (Å²) < 4.78 is 42.0. The van der Waals surface area contributed by atoms with Crippen LogP contribution in [0.2, 0.25) is 5.02 Å². The number of piperidine rings is 1. The van der Waals surface area contributed by atoms with Crippen LogP contribution in [0.4, 0.5) is 10.1 Å². The Hall–Kier alpha value is -3.66. The highest BCUT2D eigenvalue weighted by Gasteiger charge is 2.51. The van der Waals surface area contributed by atoms with Crippen LogP contribution in [0.1, 0.15) is 23.3 Å². The second kappa shape index (κ2) is 10.2. The molecule has 1 saturated heterocycles. The molecule has 0 bridgehead atoms. The van der Waals surface area contributed by atoms with Gasteiger partial charge in [0, 0.05) is 24.3 Å². The molecule has 10 heteroatoms. The Morgan fingerprint density at radius 2 is 1.92 bits per heavy atom. The second-order valence-corrected chi connectivity index (χ2v) is 11.6. The number of carbonyl (C=O) groups excluding carboxylic acids is 1. The predicted molar refractivity (Wildman–Crippen MR) is 144 cm³/mol. The van der Waals surface area contributed by atoms with Crippen LogP contribution in [0.15, 0.2) is 106 Å². The fraction of sp³-hybridized carbons (Fsp3) is 0.179. The highest BCUT2D eigenvalue weighted by Crippen LogP contribution is 2.47. The number of halogens is 2. The number of benzene rings is 2. The first-order valence-corrected chi connectivity index (χ1v) is 13.7. The Kier molecular flexibility index (Phi) is 7.00. The van der Waals surface area contributed by atoms with Gasteiger partial charge in [0.05, 0.1) is 21.7 Å². The SMILES string of the molecule is N/C=C1/C[C@]2(C(=O)c3ccccn3)CN(S(=O)(=O)c3cccc(Cl)c3)CCC2=CC1=Nc1ccc(F)cc1. The van der Waals surface area contributed by atoms with E-state index in [1.54, 1.807) is 48.5 Å². The lowest BCUT2D eigenvalue weighted by Gasteiger charge is -2.45. The summed E-state index contributed by atoms with van der Waals surface area (Å²) >= 11 is 6.08. The third-order valence-corrected chi connectivity index (χ3v) is 8.94. The van der Waals surface area contributed by atoms with E-state index in [1.165, 1.54) is 41.0 Å². The molecule has 2 aliphatic rings. The molecule has 1 fully saturated rings. The largest absolute Gasteiger partial charge is 0.404 e. The molecule has 0 saturated carbocycles. The third-order valence-electron chi connectivity index (χ3n) is 6.87. The molecule has 3 aromatic rings. The predicted octanol–water partition coefficient (Wildman–Crippen LogP) is 5.08. The maximum Gasteiger partial charge on any atom is 0.243 e. The maximum absolute atomic E-state index is 14.1. The van der Waals surface area contributed by atoms with E-state index in [0.29, 0.717) is 28.4 Å². The fourth-order valence-corrected chi connectivity index (χ4v) is 6.75. The molecule has 5 rings (SSSR count). The number of fused-ring (bicyclic) bond motifs is 1. The molecule has 1 aliphatic heterocycles. The van der Waals surface area contributed by atoms with Crippen molar-refractivity contribution in [1.82, 2.24) is 9.29 Å². The minimum atomic E-state index is -3.95. The van der Waals surface area contributed by atoms with Crippen molar-refractivity contribution in [3.63, 3.8) is 0 Å². The molecule has 38 heavy (non-hydrogen) atoms. The Morgan fingerprint density at radius 1 is 1.13 bits per heavy atom. The molecule has 0 amide bonds. The molecule has 0 radical (unpaired) electrons. The standard InChI is InChI=1S/C28H24ClFN4O3S/c29-21-4-3-5-24(15-21)38(36,37)34-13-11-20-14-26(33-23-9-7-22(30)8-10-23)19(17-31)16-28(20,18-34)27(35)25-6-1-2-12-32-25/h1-10,12,14-15,17H,11,13,16,18,31H2/b19-17-,33-26?/t28-/m0/s1. The van der Waals surface area contributed by atoms with Crippen molar-refractivity contribution in [1.29, 1.82) is 0 Å². The summed E-state index contributed by atoms with van der Waals surface area (Å²) in [5.41, 5.74) is 7.41. The first-order chi connectivity index (χ1) is 18.2. The molecule has 2 N–H and O–H groups in total. The van der Waals surface area contributed by atoms with Gasteiger partial charge in [-0.25, -0.2) is 17.8 Å². The van der Waals surface area contributed by atoms with Crippen LogP contribution in [0.3, 0.4) is 0 Å². The van der Waals surface area contributed by atoms with Crippen LogP contribution < -0.4 is 5.73 Å². The lowest BCUT2D eigenvalue weighted by atomic mass is 9.64. The number of sulfonamides is 1. The monoisotopic (exact) mass is 550 g/mol. The number of carbonyl (C=O) groups is 1. The van der Waals surface area contributed by atoms with Gasteiger partial charge in [0.15, 0.2) is 5.78 Å². The molecule has 7 nitrogen and oxygen atoms in total. The van der Waals surface area contributed by atoms with Crippen LogP contribution in [0, 0.1) is 11.2 Å². The summed E-state index contributed by atoms with van der Waals surface area (Å²) in [4.78, 5) is 23.1. The Morgan fingerprint density at radius 3 is 2.61 bits per heavy atom. The minimum absolute atomic E-state index is 0.0572. The number of hydrogen-bond donors (Lipinski definition) is 1. The summed E-state index contributed by atoms with van der Waals surface area (Å²) in [5.74, 6) is -0.672. The molecule has 1 atom stereocenters. The van der Waals surface area contributed by atoms with Crippen LogP contribution in [-0.2, 0) is 10.0 Å². The lowest BCUT2D eigenvalue weighted by Crippen LogP contribution is -2.53. The van der Waals surface area contributed by atoms with Gasteiger partial charge in [-0.05, 0) is 85.3 Å². The number of Topliss-reactive ketones (excluding diaryl/α,β-unsaturated/α-hetero) is 1. The molecule has 0 spiro atoms. The molecule has 194 valence electrons. The van der Waals surface area contributed by atoms with Gasteiger partial charge in [-0.2, -0.15) is 4.31 Å². The number of rotatable bonds is 5.